The first-order valence-electron chi connectivity index (χ1n) is 7.11. The van der Waals surface area contributed by atoms with Gasteiger partial charge in [-0.15, -0.1) is 10.2 Å². The normalized spacial score (nSPS) is 14.3. The highest BCUT2D eigenvalue weighted by Crippen LogP contribution is 2.36. The van der Waals surface area contributed by atoms with Crippen molar-refractivity contribution >= 4 is 29.0 Å². The summed E-state index contributed by atoms with van der Waals surface area (Å²) < 4.78 is 39.0. The van der Waals surface area contributed by atoms with Gasteiger partial charge in [-0.25, -0.2) is 0 Å². The van der Waals surface area contributed by atoms with Crippen LogP contribution in [-0.4, -0.2) is 22.1 Å². The number of amides is 1. The van der Waals surface area contributed by atoms with Crippen molar-refractivity contribution in [3.8, 4) is 0 Å². The van der Waals surface area contributed by atoms with Crippen LogP contribution in [0.2, 0.25) is 5.02 Å². The lowest BCUT2D eigenvalue weighted by molar-refractivity contribution is -0.136. The number of aromatic nitrogens is 2. The molecule has 0 bridgehead atoms. The predicted molar refractivity (Wildman–Crippen MR) is 83.1 cm³/mol. The summed E-state index contributed by atoms with van der Waals surface area (Å²) in [5, 5.41) is 12.8. The fraction of sp³-hybridized carbons (Fsp3) is 0.267. The SMILES string of the molecule is O=C(Nc1ccc(Cl)cc1C(F)(F)F)c1ccc(NC2CC2)nn1. The summed E-state index contributed by atoms with van der Waals surface area (Å²) in [6.45, 7) is 0. The minimum Gasteiger partial charge on any atom is -0.366 e. The van der Waals surface area contributed by atoms with Crippen LogP contribution in [0, 0.1) is 0 Å². The van der Waals surface area contributed by atoms with Gasteiger partial charge in [-0.05, 0) is 43.2 Å². The largest absolute Gasteiger partial charge is 0.418 e. The minimum atomic E-state index is -4.64. The maximum absolute atomic E-state index is 13.0. The van der Waals surface area contributed by atoms with E-state index in [1.165, 1.54) is 12.1 Å². The summed E-state index contributed by atoms with van der Waals surface area (Å²) in [6, 6.07) is 6.46. The lowest BCUT2D eigenvalue weighted by Gasteiger charge is -2.14. The van der Waals surface area contributed by atoms with Gasteiger partial charge < -0.3 is 10.6 Å². The molecular weight excluding hydrogens is 345 g/mol. The Labute approximate surface area is 140 Å². The molecule has 126 valence electrons. The molecule has 0 radical (unpaired) electrons. The van der Waals surface area contributed by atoms with E-state index >= 15 is 0 Å². The predicted octanol–water partition coefficient (Wildman–Crippen LogP) is 3.98. The van der Waals surface area contributed by atoms with Gasteiger partial charge in [-0.3, -0.25) is 4.79 Å². The van der Waals surface area contributed by atoms with Gasteiger partial charge in [0.15, 0.2) is 5.69 Å². The first-order chi connectivity index (χ1) is 11.3. The molecule has 2 N–H and O–H groups in total. The highest BCUT2D eigenvalue weighted by Gasteiger charge is 2.34. The molecule has 1 amide bonds. The lowest BCUT2D eigenvalue weighted by atomic mass is 10.1. The van der Waals surface area contributed by atoms with E-state index in [0.29, 0.717) is 11.9 Å². The van der Waals surface area contributed by atoms with Crippen molar-refractivity contribution in [1.29, 1.82) is 0 Å². The van der Waals surface area contributed by atoms with Crippen molar-refractivity contribution in [2.75, 3.05) is 10.6 Å². The molecule has 0 spiro atoms. The van der Waals surface area contributed by atoms with Crippen molar-refractivity contribution < 1.29 is 18.0 Å². The Balaban J connectivity index is 1.77. The summed E-state index contributed by atoms with van der Waals surface area (Å²) in [5.41, 5.74) is -1.50. The minimum absolute atomic E-state index is 0.0735. The molecule has 0 aliphatic heterocycles. The Hall–Kier alpha value is -2.35. The maximum atomic E-state index is 13.0. The average molecular weight is 357 g/mol. The zero-order chi connectivity index (χ0) is 17.3. The summed E-state index contributed by atoms with van der Waals surface area (Å²) in [5.74, 6) is -0.259. The number of carbonyl (C=O) groups is 1. The smallest absolute Gasteiger partial charge is 0.366 e. The van der Waals surface area contributed by atoms with Crippen LogP contribution in [0.1, 0.15) is 28.9 Å². The fourth-order valence-electron chi connectivity index (χ4n) is 2.01. The van der Waals surface area contributed by atoms with E-state index < -0.39 is 17.6 Å². The summed E-state index contributed by atoms with van der Waals surface area (Å²) in [7, 11) is 0. The molecule has 1 saturated carbocycles. The molecule has 3 rings (SSSR count). The van der Waals surface area contributed by atoms with Crippen LogP contribution in [0.3, 0.4) is 0 Å². The van der Waals surface area contributed by atoms with Crippen LogP contribution in [-0.2, 0) is 6.18 Å². The summed E-state index contributed by atoms with van der Waals surface area (Å²) >= 11 is 5.60. The molecule has 1 aromatic carbocycles. The number of carbonyl (C=O) groups excluding carboxylic acids is 1. The van der Waals surface area contributed by atoms with E-state index in [-0.39, 0.29) is 16.4 Å². The van der Waals surface area contributed by atoms with Crippen LogP contribution < -0.4 is 10.6 Å². The van der Waals surface area contributed by atoms with Gasteiger partial charge in [-0.1, -0.05) is 11.6 Å². The first-order valence-corrected chi connectivity index (χ1v) is 7.49. The molecule has 1 heterocycles. The van der Waals surface area contributed by atoms with Crippen LogP contribution in [0.15, 0.2) is 30.3 Å². The van der Waals surface area contributed by atoms with Gasteiger partial charge >= 0.3 is 6.18 Å². The van der Waals surface area contributed by atoms with Gasteiger partial charge in [0.2, 0.25) is 0 Å². The van der Waals surface area contributed by atoms with E-state index in [0.717, 1.165) is 25.0 Å². The Morgan fingerprint density at radius 2 is 1.92 bits per heavy atom. The average Bonchev–Trinajstić information content (AvgIpc) is 3.32. The zero-order valence-electron chi connectivity index (χ0n) is 12.2. The van der Waals surface area contributed by atoms with E-state index in [1.54, 1.807) is 6.07 Å². The van der Waals surface area contributed by atoms with Crippen molar-refractivity contribution in [2.24, 2.45) is 0 Å². The topological polar surface area (TPSA) is 66.9 Å². The molecule has 1 aliphatic rings. The summed E-state index contributed by atoms with van der Waals surface area (Å²) in [6.07, 6.45) is -2.53. The van der Waals surface area contributed by atoms with Crippen molar-refractivity contribution in [2.45, 2.75) is 25.1 Å². The number of nitrogens with one attached hydrogen (secondary N) is 2. The number of anilines is 2. The number of halogens is 4. The first kappa shape index (κ1) is 16.5. The van der Waals surface area contributed by atoms with Gasteiger partial charge in [0.25, 0.3) is 5.91 Å². The van der Waals surface area contributed by atoms with Crippen LogP contribution in [0.4, 0.5) is 24.7 Å². The van der Waals surface area contributed by atoms with Gasteiger partial charge in [-0.2, -0.15) is 13.2 Å². The van der Waals surface area contributed by atoms with Gasteiger partial charge in [0, 0.05) is 11.1 Å². The van der Waals surface area contributed by atoms with Crippen molar-refractivity contribution in [1.82, 2.24) is 10.2 Å². The van der Waals surface area contributed by atoms with Gasteiger partial charge in [0.05, 0.1) is 11.3 Å². The second-order valence-corrected chi connectivity index (χ2v) is 5.80. The number of hydrogen-bond acceptors (Lipinski definition) is 4. The number of benzene rings is 1. The molecule has 9 heteroatoms. The third kappa shape index (κ3) is 3.94. The summed E-state index contributed by atoms with van der Waals surface area (Å²) in [4.78, 5) is 12.1. The van der Waals surface area contributed by atoms with E-state index in [2.05, 4.69) is 20.8 Å². The number of nitrogens with zero attached hydrogens (tertiary/aromatic N) is 2. The van der Waals surface area contributed by atoms with Gasteiger partial charge in [0.1, 0.15) is 5.82 Å². The standard InChI is InChI=1S/C15H12ClF3N4O/c16-8-1-4-11(10(7-8)15(17,18)19)21-14(24)12-5-6-13(23-22-12)20-9-2-3-9/h1,4-7,9H,2-3H2,(H,20,23)(H,21,24). The quantitative estimate of drug-likeness (QED) is 0.869. The highest BCUT2D eigenvalue weighted by atomic mass is 35.5. The Kier molecular flexibility index (Phi) is 4.31. The van der Waals surface area contributed by atoms with E-state index in [4.69, 9.17) is 11.6 Å². The third-order valence-corrected chi connectivity index (χ3v) is 3.60. The second kappa shape index (κ2) is 6.27. The Bertz CT molecular complexity index is 760. The molecule has 0 unspecified atom stereocenters. The molecular formula is C15H12ClF3N4O. The number of alkyl halides is 3. The molecule has 1 aromatic heterocycles. The fourth-order valence-corrected chi connectivity index (χ4v) is 2.19. The molecule has 0 saturated heterocycles. The second-order valence-electron chi connectivity index (χ2n) is 5.36. The third-order valence-electron chi connectivity index (χ3n) is 3.36. The Morgan fingerprint density at radius 3 is 2.50 bits per heavy atom. The lowest BCUT2D eigenvalue weighted by Crippen LogP contribution is -2.18. The molecule has 24 heavy (non-hydrogen) atoms. The van der Waals surface area contributed by atoms with Crippen LogP contribution in [0.25, 0.3) is 0 Å². The molecule has 2 aromatic rings. The zero-order valence-corrected chi connectivity index (χ0v) is 12.9. The number of hydrogen-bond donors (Lipinski definition) is 2. The van der Waals surface area contributed by atoms with Crippen LogP contribution in [0.5, 0.6) is 0 Å². The molecule has 1 fully saturated rings. The van der Waals surface area contributed by atoms with E-state index in [1.807, 2.05) is 0 Å². The highest BCUT2D eigenvalue weighted by molar-refractivity contribution is 6.30. The van der Waals surface area contributed by atoms with Crippen molar-refractivity contribution in [3.05, 3.63) is 46.6 Å². The van der Waals surface area contributed by atoms with E-state index in [9.17, 15) is 18.0 Å². The molecule has 1 aliphatic carbocycles. The van der Waals surface area contributed by atoms with Crippen LogP contribution >= 0.6 is 11.6 Å². The maximum Gasteiger partial charge on any atom is 0.418 e. The Morgan fingerprint density at radius 1 is 1.17 bits per heavy atom. The number of rotatable bonds is 4. The van der Waals surface area contributed by atoms with Crippen molar-refractivity contribution in [3.63, 3.8) is 0 Å². The molecule has 0 atom stereocenters. The monoisotopic (exact) mass is 356 g/mol. The molecule has 5 nitrogen and oxygen atoms in total.